The van der Waals surface area contributed by atoms with Gasteiger partial charge in [-0.1, -0.05) is 23.7 Å². The van der Waals surface area contributed by atoms with Crippen LogP contribution in [0, 0.1) is 0 Å². The van der Waals surface area contributed by atoms with Gasteiger partial charge in [0.1, 0.15) is 0 Å². The SMILES string of the molecule is CN(C)c1ccc(-c2cc3c(cc2Cl)NC(=O)C3)cc1. The van der Waals surface area contributed by atoms with Crippen LogP contribution in [-0.4, -0.2) is 20.0 Å². The highest BCUT2D eigenvalue weighted by molar-refractivity contribution is 6.34. The van der Waals surface area contributed by atoms with E-state index >= 15 is 0 Å². The van der Waals surface area contributed by atoms with Crippen molar-refractivity contribution in [1.29, 1.82) is 0 Å². The molecule has 1 aliphatic rings. The highest BCUT2D eigenvalue weighted by Gasteiger charge is 2.19. The van der Waals surface area contributed by atoms with E-state index in [4.69, 9.17) is 11.6 Å². The molecule has 1 aliphatic heterocycles. The van der Waals surface area contributed by atoms with Crippen LogP contribution in [0.2, 0.25) is 5.02 Å². The molecule has 20 heavy (non-hydrogen) atoms. The normalized spacial score (nSPS) is 13.1. The van der Waals surface area contributed by atoms with Crippen molar-refractivity contribution in [2.75, 3.05) is 24.3 Å². The van der Waals surface area contributed by atoms with Gasteiger partial charge >= 0.3 is 0 Å². The summed E-state index contributed by atoms with van der Waals surface area (Å²) < 4.78 is 0. The maximum Gasteiger partial charge on any atom is 0.228 e. The first kappa shape index (κ1) is 13.0. The van der Waals surface area contributed by atoms with Crippen molar-refractivity contribution in [3.8, 4) is 11.1 Å². The highest BCUT2D eigenvalue weighted by Crippen LogP contribution is 2.36. The zero-order valence-electron chi connectivity index (χ0n) is 11.4. The molecule has 0 spiro atoms. The number of nitrogens with zero attached hydrogens (tertiary/aromatic N) is 1. The molecule has 1 amide bonds. The Hall–Kier alpha value is -2.00. The molecule has 4 heteroatoms. The van der Waals surface area contributed by atoms with Crippen molar-refractivity contribution in [2.45, 2.75) is 6.42 Å². The second-order valence-electron chi connectivity index (χ2n) is 5.16. The smallest absolute Gasteiger partial charge is 0.228 e. The Balaban J connectivity index is 2.02. The molecule has 2 aromatic rings. The minimum absolute atomic E-state index is 0.0242. The molecule has 3 nitrogen and oxygen atoms in total. The molecule has 0 aromatic heterocycles. The lowest BCUT2D eigenvalue weighted by Crippen LogP contribution is -2.07. The summed E-state index contributed by atoms with van der Waals surface area (Å²) in [4.78, 5) is 13.5. The lowest BCUT2D eigenvalue weighted by molar-refractivity contribution is -0.115. The van der Waals surface area contributed by atoms with E-state index in [0.29, 0.717) is 11.4 Å². The monoisotopic (exact) mass is 286 g/mol. The summed E-state index contributed by atoms with van der Waals surface area (Å²) in [6, 6.07) is 12.0. The number of anilines is 2. The zero-order valence-corrected chi connectivity index (χ0v) is 12.2. The number of fused-ring (bicyclic) bond motifs is 1. The molecule has 1 heterocycles. The lowest BCUT2D eigenvalue weighted by atomic mass is 10.0. The molecule has 0 unspecified atom stereocenters. The summed E-state index contributed by atoms with van der Waals surface area (Å²) in [6.45, 7) is 0. The minimum atomic E-state index is 0.0242. The average Bonchev–Trinajstić information content (AvgIpc) is 2.77. The largest absolute Gasteiger partial charge is 0.378 e. The third-order valence-electron chi connectivity index (χ3n) is 3.51. The van der Waals surface area contributed by atoms with E-state index < -0.39 is 0 Å². The Morgan fingerprint density at radius 3 is 2.50 bits per heavy atom. The fourth-order valence-corrected chi connectivity index (χ4v) is 2.68. The molecule has 0 aliphatic carbocycles. The van der Waals surface area contributed by atoms with Crippen LogP contribution in [0.3, 0.4) is 0 Å². The van der Waals surface area contributed by atoms with E-state index in [1.54, 1.807) is 0 Å². The molecule has 2 aromatic carbocycles. The van der Waals surface area contributed by atoms with Gasteiger partial charge in [0.25, 0.3) is 0 Å². The van der Waals surface area contributed by atoms with Crippen LogP contribution in [0.15, 0.2) is 36.4 Å². The number of rotatable bonds is 2. The van der Waals surface area contributed by atoms with Gasteiger partial charge in [-0.2, -0.15) is 0 Å². The minimum Gasteiger partial charge on any atom is -0.378 e. The van der Waals surface area contributed by atoms with Crippen molar-refractivity contribution < 1.29 is 4.79 Å². The Morgan fingerprint density at radius 2 is 1.85 bits per heavy atom. The van der Waals surface area contributed by atoms with Crippen molar-refractivity contribution in [1.82, 2.24) is 0 Å². The van der Waals surface area contributed by atoms with Gasteiger partial charge < -0.3 is 10.2 Å². The predicted molar refractivity (Wildman–Crippen MR) is 83.5 cm³/mol. The number of carbonyl (C=O) groups is 1. The average molecular weight is 287 g/mol. The van der Waals surface area contributed by atoms with Gasteiger partial charge in [0.05, 0.1) is 11.4 Å². The number of hydrogen-bond acceptors (Lipinski definition) is 2. The van der Waals surface area contributed by atoms with Gasteiger partial charge in [0.15, 0.2) is 0 Å². The Labute approximate surface area is 123 Å². The number of amides is 1. The van der Waals surface area contributed by atoms with Crippen LogP contribution in [-0.2, 0) is 11.2 Å². The Bertz CT molecular complexity index is 678. The van der Waals surface area contributed by atoms with E-state index in [0.717, 1.165) is 28.1 Å². The molecule has 1 N–H and O–H groups in total. The molecule has 3 rings (SSSR count). The quantitative estimate of drug-likeness (QED) is 0.915. The predicted octanol–water partition coefficient (Wildman–Crippen LogP) is 3.57. The molecule has 0 bridgehead atoms. The van der Waals surface area contributed by atoms with Crippen molar-refractivity contribution in [3.63, 3.8) is 0 Å². The van der Waals surface area contributed by atoms with Gasteiger partial charge in [-0.25, -0.2) is 0 Å². The maximum absolute atomic E-state index is 11.4. The second-order valence-corrected chi connectivity index (χ2v) is 5.56. The van der Waals surface area contributed by atoms with E-state index in [9.17, 15) is 4.79 Å². The Morgan fingerprint density at radius 1 is 1.15 bits per heavy atom. The zero-order chi connectivity index (χ0) is 14.3. The van der Waals surface area contributed by atoms with Crippen LogP contribution in [0.5, 0.6) is 0 Å². The van der Waals surface area contributed by atoms with E-state index in [2.05, 4.69) is 22.3 Å². The first-order valence-corrected chi connectivity index (χ1v) is 6.82. The molecule has 0 saturated heterocycles. The third kappa shape index (κ3) is 2.25. The number of carbonyl (C=O) groups excluding carboxylic acids is 1. The van der Waals surface area contributed by atoms with Crippen molar-refractivity contribution in [2.24, 2.45) is 0 Å². The summed E-state index contributed by atoms with van der Waals surface area (Å²) in [5, 5.41) is 3.47. The van der Waals surface area contributed by atoms with E-state index in [1.165, 1.54) is 0 Å². The van der Waals surface area contributed by atoms with Crippen LogP contribution in [0.25, 0.3) is 11.1 Å². The summed E-state index contributed by atoms with van der Waals surface area (Å²) in [7, 11) is 4.02. The summed E-state index contributed by atoms with van der Waals surface area (Å²) in [6.07, 6.45) is 0.426. The molecule has 0 fully saturated rings. The molecule has 0 saturated carbocycles. The summed E-state index contributed by atoms with van der Waals surface area (Å²) >= 11 is 6.33. The van der Waals surface area contributed by atoms with Gasteiger partial charge in [-0.3, -0.25) is 4.79 Å². The van der Waals surface area contributed by atoms with Gasteiger partial charge in [0.2, 0.25) is 5.91 Å². The van der Waals surface area contributed by atoms with Crippen LogP contribution < -0.4 is 10.2 Å². The fraction of sp³-hybridized carbons (Fsp3) is 0.188. The van der Waals surface area contributed by atoms with Gasteiger partial charge in [0, 0.05) is 31.0 Å². The van der Waals surface area contributed by atoms with Crippen LogP contribution in [0.4, 0.5) is 11.4 Å². The fourth-order valence-electron chi connectivity index (χ4n) is 2.41. The molecule has 102 valence electrons. The summed E-state index contributed by atoms with van der Waals surface area (Å²) in [5.41, 5.74) is 5.00. The topological polar surface area (TPSA) is 32.3 Å². The molecular formula is C16H15ClN2O. The molecule has 0 atom stereocenters. The first-order chi connectivity index (χ1) is 9.54. The summed E-state index contributed by atoms with van der Waals surface area (Å²) in [5.74, 6) is 0.0242. The number of halogens is 1. The highest BCUT2D eigenvalue weighted by atomic mass is 35.5. The lowest BCUT2D eigenvalue weighted by Gasteiger charge is -2.13. The van der Waals surface area contributed by atoms with Gasteiger partial charge in [-0.05, 0) is 35.4 Å². The number of benzene rings is 2. The van der Waals surface area contributed by atoms with Crippen LogP contribution >= 0.6 is 11.6 Å². The maximum atomic E-state index is 11.4. The molecular weight excluding hydrogens is 272 g/mol. The van der Waals surface area contributed by atoms with Crippen molar-refractivity contribution in [3.05, 3.63) is 47.0 Å². The first-order valence-electron chi connectivity index (χ1n) is 6.44. The van der Waals surface area contributed by atoms with Crippen LogP contribution in [0.1, 0.15) is 5.56 Å². The van der Waals surface area contributed by atoms with Gasteiger partial charge in [-0.15, -0.1) is 0 Å². The van der Waals surface area contributed by atoms with E-state index in [-0.39, 0.29) is 5.91 Å². The number of nitrogens with one attached hydrogen (secondary N) is 1. The standard InChI is InChI=1S/C16H15ClN2O/c1-19(2)12-5-3-10(4-6-12)13-7-11-8-16(20)18-15(11)9-14(13)17/h3-7,9H,8H2,1-2H3,(H,18,20). The van der Waals surface area contributed by atoms with Crippen molar-refractivity contribution >= 4 is 28.9 Å². The second kappa shape index (κ2) is 4.84. The van der Waals surface area contributed by atoms with E-state index in [1.807, 2.05) is 38.4 Å². The third-order valence-corrected chi connectivity index (χ3v) is 3.83. The molecule has 0 radical (unpaired) electrons. The Kier molecular flexibility index (Phi) is 3.14. The number of hydrogen-bond donors (Lipinski definition) is 1.